The smallest absolute Gasteiger partial charge is 0.435 e. The van der Waals surface area contributed by atoms with E-state index >= 15 is 0 Å². The lowest BCUT2D eigenvalue weighted by Crippen LogP contribution is -2.27. The molecule has 1 aromatic heterocycles. The van der Waals surface area contributed by atoms with Gasteiger partial charge in [-0.15, -0.1) is 0 Å². The summed E-state index contributed by atoms with van der Waals surface area (Å²) >= 11 is 0. The standard InChI is InChI=1S/C20H19FN2O4/c1-20(2,3)27-19(25)23-16-11-14(21)9-10-15(16)17(22-23)12-5-7-13(8-6-12)18(24)26-4/h5-11H,1-4H3. The van der Waals surface area contributed by atoms with Crippen molar-refractivity contribution in [3.05, 3.63) is 53.8 Å². The minimum Gasteiger partial charge on any atom is -0.465 e. The number of carbonyl (C=O) groups excluding carboxylic acids is 2. The first-order chi connectivity index (χ1) is 12.7. The SMILES string of the molecule is COC(=O)c1ccc(-c2nn(C(=O)OC(C)(C)C)c3cc(F)ccc23)cc1. The second-order valence-electron chi connectivity index (χ2n) is 6.97. The number of esters is 1. The van der Waals surface area contributed by atoms with Gasteiger partial charge in [0.05, 0.1) is 18.2 Å². The van der Waals surface area contributed by atoms with Crippen LogP contribution in [0.3, 0.4) is 0 Å². The van der Waals surface area contributed by atoms with Crippen molar-refractivity contribution < 1.29 is 23.5 Å². The number of rotatable bonds is 2. The highest BCUT2D eigenvalue weighted by Gasteiger charge is 2.23. The predicted molar refractivity (Wildman–Crippen MR) is 98.1 cm³/mol. The van der Waals surface area contributed by atoms with E-state index in [9.17, 15) is 14.0 Å². The highest BCUT2D eigenvalue weighted by molar-refractivity contribution is 5.98. The predicted octanol–water partition coefficient (Wildman–Crippen LogP) is 4.41. The fourth-order valence-corrected chi connectivity index (χ4v) is 2.63. The van der Waals surface area contributed by atoms with Gasteiger partial charge in [-0.1, -0.05) is 12.1 Å². The maximum Gasteiger partial charge on any atom is 0.435 e. The van der Waals surface area contributed by atoms with Crippen molar-refractivity contribution in [1.29, 1.82) is 0 Å². The van der Waals surface area contributed by atoms with Crippen LogP contribution in [-0.2, 0) is 9.47 Å². The van der Waals surface area contributed by atoms with E-state index < -0.39 is 23.5 Å². The number of carbonyl (C=O) groups is 2. The van der Waals surface area contributed by atoms with E-state index in [1.54, 1.807) is 51.1 Å². The van der Waals surface area contributed by atoms with Crippen LogP contribution in [0.4, 0.5) is 9.18 Å². The van der Waals surface area contributed by atoms with Gasteiger partial charge in [-0.2, -0.15) is 9.78 Å². The van der Waals surface area contributed by atoms with Gasteiger partial charge in [0.25, 0.3) is 0 Å². The van der Waals surface area contributed by atoms with E-state index in [4.69, 9.17) is 4.74 Å². The van der Waals surface area contributed by atoms with Crippen molar-refractivity contribution in [3.63, 3.8) is 0 Å². The number of benzene rings is 2. The fraction of sp³-hybridized carbons (Fsp3) is 0.250. The minimum atomic E-state index is -0.717. The van der Waals surface area contributed by atoms with Gasteiger partial charge in [0, 0.05) is 17.0 Å². The summed E-state index contributed by atoms with van der Waals surface area (Å²) in [6.45, 7) is 5.22. The zero-order chi connectivity index (χ0) is 19.8. The summed E-state index contributed by atoms with van der Waals surface area (Å²) in [5, 5.41) is 4.93. The Bertz CT molecular complexity index is 1020. The lowest BCUT2D eigenvalue weighted by molar-refractivity contribution is 0.0522. The Morgan fingerprint density at radius 2 is 1.74 bits per heavy atom. The first kappa shape index (κ1) is 18.6. The van der Waals surface area contributed by atoms with E-state index in [2.05, 4.69) is 9.84 Å². The first-order valence-corrected chi connectivity index (χ1v) is 8.30. The van der Waals surface area contributed by atoms with Crippen LogP contribution in [0.1, 0.15) is 31.1 Å². The fourth-order valence-electron chi connectivity index (χ4n) is 2.63. The molecular weight excluding hydrogens is 351 g/mol. The summed E-state index contributed by atoms with van der Waals surface area (Å²) < 4.78 is 24.9. The van der Waals surface area contributed by atoms with Crippen molar-refractivity contribution in [2.75, 3.05) is 7.11 Å². The molecule has 3 aromatic rings. The molecule has 3 rings (SSSR count). The molecule has 7 heteroatoms. The normalized spacial score (nSPS) is 11.4. The van der Waals surface area contributed by atoms with Crippen LogP contribution < -0.4 is 0 Å². The molecule has 0 spiro atoms. The Hall–Kier alpha value is -3.22. The molecule has 140 valence electrons. The van der Waals surface area contributed by atoms with Crippen molar-refractivity contribution >= 4 is 23.0 Å². The van der Waals surface area contributed by atoms with Gasteiger partial charge >= 0.3 is 12.1 Å². The molecule has 0 radical (unpaired) electrons. The maximum absolute atomic E-state index is 13.8. The molecule has 0 amide bonds. The minimum absolute atomic E-state index is 0.302. The maximum atomic E-state index is 13.8. The van der Waals surface area contributed by atoms with Crippen molar-refractivity contribution in [2.24, 2.45) is 0 Å². The third-order valence-corrected chi connectivity index (χ3v) is 3.79. The van der Waals surface area contributed by atoms with Crippen molar-refractivity contribution in [2.45, 2.75) is 26.4 Å². The Morgan fingerprint density at radius 1 is 1.07 bits per heavy atom. The number of halogens is 1. The molecule has 2 aromatic carbocycles. The highest BCUT2D eigenvalue weighted by atomic mass is 19.1. The second-order valence-corrected chi connectivity index (χ2v) is 6.97. The number of ether oxygens (including phenoxy) is 2. The number of aromatic nitrogens is 2. The summed E-state index contributed by atoms with van der Waals surface area (Å²) in [5.41, 5.74) is 1.12. The average molecular weight is 370 g/mol. The molecule has 0 N–H and O–H groups in total. The van der Waals surface area contributed by atoms with Crippen LogP contribution in [0.5, 0.6) is 0 Å². The zero-order valence-corrected chi connectivity index (χ0v) is 15.4. The molecule has 0 saturated carbocycles. The quantitative estimate of drug-likeness (QED) is 0.625. The van der Waals surface area contributed by atoms with E-state index in [0.29, 0.717) is 27.7 Å². The molecule has 0 fully saturated rings. The van der Waals surface area contributed by atoms with Crippen molar-refractivity contribution in [3.8, 4) is 11.3 Å². The molecule has 6 nitrogen and oxygen atoms in total. The van der Waals surface area contributed by atoms with E-state index in [0.717, 1.165) is 4.68 Å². The molecule has 0 aliphatic heterocycles. The summed E-state index contributed by atoms with van der Waals surface area (Å²) in [6, 6.07) is 10.7. The van der Waals surface area contributed by atoms with Gasteiger partial charge in [0.1, 0.15) is 17.1 Å². The van der Waals surface area contributed by atoms with Crippen LogP contribution >= 0.6 is 0 Å². The third kappa shape index (κ3) is 3.81. The molecule has 1 heterocycles. The molecule has 0 aliphatic carbocycles. The van der Waals surface area contributed by atoms with Crippen LogP contribution in [0.25, 0.3) is 22.2 Å². The summed E-state index contributed by atoms with van der Waals surface area (Å²) in [7, 11) is 1.31. The highest BCUT2D eigenvalue weighted by Crippen LogP contribution is 2.29. The van der Waals surface area contributed by atoms with Crippen LogP contribution in [0, 0.1) is 5.82 Å². The summed E-state index contributed by atoms with van der Waals surface area (Å²) in [4.78, 5) is 24.1. The summed E-state index contributed by atoms with van der Waals surface area (Å²) in [5.74, 6) is -0.937. The molecule has 27 heavy (non-hydrogen) atoms. The van der Waals surface area contributed by atoms with Gasteiger partial charge in [-0.05, 0) is 45.0 Å². The van der Waals surface area contributed by atoms with Crippen molar-refractivity contribution in [1.82, 2.24) is 9.78 Å². The molecule has 0 unspecified atom stereocenters. The number of hydrogen-bond acceptors (Lipinski definition) is 5. The Morgan fingerprint density at radius 3 is 2.33 bits per heavy atom. The number of methoxy groups -OCH3 is 1. The van der Waals surface area contributed by atoms with Crippen LogP contribution in [0.15, 0.2) is 42.5 Å². The topological polar surface area (TPSA) is 70.4 Å². The van der Waals surface area contributed by atoms with Gasteiger partial charge in [0.2, 0.25) is 0 Å². The van der Waals surface area contributed by atoms with E-state index in [1.165, 1.54) is 19.2 Å². The Labute approximate surface area is 155 Å². The lowest BCUT2D eigenvalue weighted by atomic mass is 10.1. The van der Waals surface area contributed by atoms with E-state index in [1.807, 2.05) is 0 Å². The zero-order valence-electron chi connectivity index (χ0n) is 15.4. The molecular formula is C20H19FN2O4. The average Bonchev–Trinajstić information content (AvgIpc) is 2.98. The van der Waals surface area contributed by atoms with Crippen LogP contribution in [0.2, 0.25) is 0 Å². The third-order valence-electron chi connectivity index (χ3n) is 3.79. The largest absolute Gasteiger partial charge is 0.465 e. The number of fused-ring (bicyclic) bond motifs is 1. The van der Waals surface area contributed by atoms with E-state index in [-0.39, 0.29) is 0 Å². The molecule has 0 aliphatic rings. The van der Waals surface area contributed by atoms with Gasteiger partial charge in [0.15, 0.2) is 0 Å². The Kier molecular flexibility index (Phi) is 4.70. The second kappa shape index (κ2) is 6.83. The number of nitrogens with zero attached hydrogens (tertiary/aromatic N) is 2. The van der Waals surface area contributed by atoms with Crippen LogP contribution in [-0.4, -0.2) is 34.6 Å². The Balaban J connectivity index is 2.11. The molecule has 0 saturated heterocycles. The monoisotopic (exact) mass is 370 g/mol. The lowest BCUT2D eigenvalue weighted by Gasteiger charge is -2.19. The first-order valence-electron chi connectivity index (χ1n) is 8.30. The molecule has 0 atom stereocenters. The van der Waals surface area contributed by atoms with Gasteiger partial charge in [-0.3, -0.25) is 0 Å². The number of hydrogen-bond donors (Lipinski definition) is 0. The van der Waals surface area contributed by atoms with Gasteiger partial charge in [-0.25, -0.2) is 14.0 Å². The molecule has 0 bridgehead atoms. The summed E-state index contributed by atoms with van der Waals surface area (Å²) in [6.07, 6.45) is -0.699. The van der Waals surface area contributed by atoms with Gasteiger partial charge < -0.3 is 9.47 Å².